The van der Waals surface area contributed by atoms with Crippen molar-refractivity contribution in [1.29, 1.82) is 0 Å². The van der Waals surface area contributed by atoms with Crippen LogP contribution in [0.3, 0.4) is 0 Å². The number of carbonyl (C=O) groups excluding carboxylic acids is 1. The first-order valence-corrected chi connectivity index (χ1v) is 8.72. The van der Waals surface area contributed by atoms with Crippen LogP contribution in [0.25, 0.3) is 11.3 Å². The Morgan fingerprint density at radius 3 is 2.83 bits per heavy atom. The van der Waals surface area contributed by atoms with E-state index in [1.54, 1.807) is 0 Å². The third-order valence-electron chi connectivity index (χ3n) is 5.08. The molecular formula is C19H20ClNO3. The summed E-state index contributed by atoms with van der Waals surface area (Å²) >= 11 is 6.23. The van der Waals surface area contributed by atoms with E-state index in [9.17, 15) is 4.79 Å². The maximum atomic E-state index is 12.3. The van der Waals surface area contributed by atoms with Crippen LogP contribution in [0.5, 0.6) is 0 Å². The molecule has 1 aromatic carbocycles. The second-order valence-corrected chi connectivity index (χ2v) is 7.21. The SMILES string of the molecule is O=C1CC[C@]2(CCOC2)CN1Cc1ccc(-c2ccccc2Cl)o1. The van der Waals surface area contributed by atoms with Crippen LogP contribution in [0.4, 0.5) is 0 Å². The summed E-state index contributed by atoms with van der Waals surface area (Å²) in [4.78, 5) is 14.2. The van der Waals surface area contributed by atoms with Gasteiger partial charge in [-0.3, -0.25) is 4.79 Å². The Balaban J connectivity index is 1.51. The van der Waals surface area contributed by atoms with Crippen LogP contribution in [0.2, 0.25) is 5.02 Å². The van der Waals surface area contributed by atoms with Crippen molar-refractivity contribution >= 4 is 17.5 Å². The zero-order chi connectivity index (χ0) is 16.6. The van der Waals surface area contributed by atoms with Gasteiger partial charge in [-0.25, -0.2) is 0 Å². The summed E-state index contributed by atoms with van der Waals surface area (Å²) in [5.74, 6) is 1.72. The van der Waals surface area contributed by atoms with Gasteiger partial charge in [0.1, 0.15) is 11.5 Å². The van der Waals surface area contributed by atoms with Gasteiger partial charge >= 0.3 is 0 Å². The van der Waals surface area contributed by atoms with E-state index in [-0.39, 0.29) is 11.3 Å². The highest BCUT2D eigenvalue weighted by Crippen LogP contribution is 2.39. The predicted octanol–water partition coefficient (Wildman–Crippen LogP) is 4.13. The number of hydrogen-bond donors (Lipinski definition) is 0. The molecule has 0 radical (unpaired) electrons. The lowest BCUT2D eigenvalue weighted by Gasteiger charge is -2.38. The number of benzene rings is 1. The van der Waals surface area contributed by atoms with Crippen molar-refractivity contribution in [3.63, 3.8) is 0 Å². The number of piperidine rings is 1. The lowest BCUT2D eigenvalue weighted by molar-refractivity contribution is -0.138. The summed E-state index contributed by atoms with van der Waals surface area (Å²) in [5, 5.41) is 0.662. The molecule has 0 aliphatic carbocycles. The Kier molecular flexibility index (Phi) is 4.10. The van der Waals surface area contributed by atoms with Crippen LogP contribution in [0.1, 0.15) is 25.0 Å². The van der Waals surface area contributed by atoms with Crippen molar-refractivity contribution in [2.75, 3.05) is 19.8 Å². The molecule has 2 aliphatic heterocycles. The smallest absolute Gasteiger partial charge is 0.223 e. The van der Waals surface area contributed by atoms with Crippen molar-refractivity contribution < 1.29 is 13.9 Å². The topological polar surface area (TPSA) is 42.7 Å². The van der Waals surface area contributed by atoms with Crippen LogP contribution in [0, 0.1) is 5.41 Å². The highest BCUT2D eigenvalue weighted by molar-refractivity contribution is 6.33. The molecular weight excluding hydrogens is 326 g/mol. The number of amides is 1. The van der Waals surface area contributed by atoms with E-state index in [1.165, 1.54) is 0 Å². The molecule has 1 aromatic heterocycles. The molecule has 1 atom stereocenters. The van der Waals surface area contributed by atoms with E-state index in [2.05, 4.69) is 0 Å². The average molecular weight is 346 g/mol. The molecule has 1 amide bonds. The highest BCUT2D eigenvalue weighted by atomic mass is 35.5. The summed E-state index contributed by atoms with van der Waals surface area (Å²) < 4.78 is 11.5. The first-order valence-electron chi connectivity index (χ1n) is 8.34. The largest absolute Gasteiger partial charge is 0.459 e. The van der Waals surface area contributed by atoms with Gasteiger partial charge in [-0.2, -0.15) is 0 Å². The summed E-state index contributed by atoms with van der Waals surface area (Å²) in [6.07, 6.45) is 2.58. The molecule has 24 heavy (non-hydrogen) atoms. The van der Waals surface area contributed by atoms with Crippen LogP contribution in [0.15, 0.2) is 40.8 Å². The number of halogens is 1. The van der Waals surface area contributed by atoms with Gasteiger partial charge in [0.05, 0.1) is 18.2 Å². The maximum Gasteiger partial charge on any atom is 0.223 e. The number of rotatable bonds is 3. The van der Waals surface area contributed by atoms with Crippen LogP contribution in [-0.4, -0.2) is 30.6 Å². The number of nitrogens with zero attached hydrogens (tertiary/aromatic N) is 1. The average Bonchev–Trinajstić information content (AvgIpc) is 3.22. The van der Waals surface area contributed by atoms with Gasteiger partial charge in [0.15, 0.2) is 0 Å². The summed E-state index contributed by atoms with van der Waals surface area (Å²) in [5.41, 5.74) is 1.02. The van der Waals surface area contributed by atoms with Crippen LogP contribution in [-0.2, 0) is 16.1 Å². The van der Waals surface area contributed by atoms with E-state index >= 15 is 0 Å². The first kappa shape index (κ1) is 15.7. The standard InChI is InChI=1S/C19H20ClNO3/c20-16-4-2-1-3-15(16)17-6-5-14(24-17)11-21-12-19(8-7-18(21)22)9-10-23-13-19/h1-6H,7-13H2/t19-/m0/s1. The molecule has 126 valence electrons. The van der Waals surface area contributed by atoms with Crippen molar-refractivity contribution in [2.45, 2.75) is 25.8 Å². The van der Waals surface area contributed by atoms with Crippen molar-refractivity contribution in [3.8, 4) is 11.3 Å². The summed E-state index contributed by atoms with van der Waals surface area (Å²) in [6.45, 7) is 2.83. The molecule has 2 saturated heterocycles. The number of likely N-dealkylation sites (tertiary alicyclic amines) is 1. The third kappa shape index (κ3) is 2.96. The summed E-state index contributed by atoms with van der Waals surface area (Å²) in [6, 6.07) is 11.4. The maximum absolute atomic E-state index is 12.3. The molecule has 0 bridgehead atoms. The quantitative estimate of drug-likeness (QED) is 0.840. The van der Waals surface area contributed by atoms with Gasteiger partial charge in [0.25, 0.3) is 0 Å². The Hall–Kier alpha value is -1.78. The van der Waals surface area contributed by atoms with E-state index in [4.69, 9.17) is 20.8 Å². The lowest BCUT2D eigenvalue weighted by atomic mass is 9.79. The second kappa shape index (κ2) is 6.26. The fourth-order valence-corrected chi connectivity index (χ4v) is 3.90. The van der Waals surface area contributed by atoms with Gasteiger partial charge < -0.3 is 14.1 Å². The minimum absolute atomic E-state index is 0.145. The molecule has 2 aromatic rings. The van der Waals surface area contributed by atoms with Crippen LogP contribution >= 0.6 is 11.6 Å². The van der Waals surface area contributed by atoms with Crippen molar-refractivity contribution in [2.24, 2.45) is 5.41 Å². The van der Waals surface area contributed by atoms with Crippen LogP contribution < -0.4 is 0 Å². The molecule has 0 saturated carbocycles. The monoisotopic (exact) mass is 345 g/mol. The van der Waals surface area contributed by atoms with E-state index < -0.39 is 0 Å². The number of hydrogen-bond acceptors (Lipinski definition) is 3. The molecule has 3 heterocycles. The Morgan fingerprint density at radius 2 is 2.04 bits per heavy atom. The third-order valence-corrected chi connectivity index (χ3v) is 5.41. The van der Waals surface area contributed by atoms with Crippen molar-refractivity contribution in [3.05, 3.63) is 47.2 Å². The predicted molar refractivity (Wildman–Crippen MR) is 91.7 cm³/mol. The Labute approximate surface area is 146 Å². The molecule has 5 heteroatoms. The van der Waals surface area contributed by atoms with Gasteiger partial charge in [0.2, 0.25) is 5.91 Å². The zero-order valence-corrected chi connectivity index (χ0v) is 14.2. The molecule has 2 fully saturated rings. The van der Waals surface area contributed by atoms with Gasteiger partial charge in [-0.1, -0.05) is 23.7 Å². The highest BCUT2D eigenvalue weighted by Gasteiger charge is 2.41. The molecule has 0 unspecified atom stereocenters. The van der Waals surface area contributed by atoms with E-state index in [0.29, 0.717) is 18.0 Å². The molecule has 0 N–H and O–H groups in total. The van der Waals surface area contributed by atoms with Gasteiger partial charge in [-0.05, 0) is 37.1 Å². The fourth-order valence-electron chi connectivity index (χ4n) is 3.67. The minimum atomic E-state index is 0.145. The van der Waals surface area contributed by atoms with Crippen molar-refractivity contribution in [1.82, 2.24) is 4.90 Å². The Bertz CT molecular complexity index is 749. The molecule has 2 aliphatic rings. The Morgan fingerprint density at radius 1 is 1.17 bits per heavy atom. The first-order chi connectivity index (χ1) is 11.7. The van der Waals surface area contributed by atoms with E-state index in [0.717, 1.165) is 49.7 Å². The minimum Gasteiger partial charge on any atom is -0.459 e. The molecule has 4 rings (SSSR count). The number of carbonyl (C=O) groups is 1. The summed E-state index contributed by atoms with van der Waals surface area (Å²) in [7, 11) is 0. The molecule has 4 nitrogen and oxygen atoms in total. The normalized spacial score (nSPS) is 24.0. The van der Waals surface area contributed by atoms with Gasteiger partial charge in [-0.15, -0.1) is 0 Å². The number of furan rings is 1. The lowest BCUT2D eigenvalue weighted by Crippen LogP contribution is -2.46. The van der Waals surface area contributed by atoms with E-state index in [1.807, 2.05) is 41.3 Å². The zero-order valence-electron chi connectivity index (χ0n) is 13.5. The number of ether oxygens (including phenoxy) is 1. The van der Waals surface area contributed by atoms with Gasteiger partial charge in [0, 0.05) is 30.6 Å². The fraction of sp³-hybridized carbons (Fsp3) is 0.421. The molecule has 1 spiro atoms. The second-order valence-electron chi connectivity index (χ2n) is 6.80.